The summed E-state index contributed by atoms with van der Waals surface area (Å²) < 4.78 is 16.5. The quantitative estimate of drug-likeness (QED) is 0.618. The molecule has 2 atom stereocenters. The van der Waals surface area contributed by atoms with Crippen molar-refractivity contribution in [3.05, 3.63) is 42.5 Å². The molecule has 0 saturated carbocycles. The molecule has 0 aliphatic carbocycles. The molecule has 1 aromatic carbocycles. The zero-order valence-electron chi connectivity index (χ0n) is 11.4. The SMILES string of the molecule is C=C[C@H]1OC(C)(C)O[C@H]1C(=O)c1ccccc1OC. The molecule has 2 rings (SSSR count). The number of Topliss-reactive ketones (excluding diaryl/α,β-unsaturated/α-hetero) is 1. The van der Waals surface area contributed by atoms with E-state index in [1.807, 2.05) is 6.07 Å². The Balaban J connectivity index is 2.31. The molecule has 1 saturated heterocycles. The van der Waals surface area contributed by atoms with Gasteiger partial charge in [0, 0.05) is 0 Å². The van der Waals surface area contributed by atoms with E-state index < -0.39 is 18.0 Å². The van der Waals surface area contributed by atoms with Gasteiger partial charge in [0.05, 0.1) is 12.7 Å². The van der Waals surface area contributed by atoms with Gasteiger partial charge in [-0.3, -0.25) is 4.79 Å². The smallest absolute Gasteiger partial charge is 0.198 e. The highest BCUT2D eigenvalue weighted by molar-refractivity contribution is 6.02. The van der Waals surface area contributed by atoms with Gasteiger partial charge in [0.1, 0.15) is 11.9 Å². The predicted molar refractivity (Wildman–Crippen MR) is 71.3 cm³/mol. The first-order chi connectivity index (χ1) is 8.98. The van der Waals surface area contributed by atoms with E-state index in [1.54, 1.807) is 38.1 Å². The fourth-order valence-corrected chi connectivity index (χ4v) is 2.17. The molecule has 0 aromatic heterocycles. The van der Waals surface area contributed by atoms with Crippen LogP contribution in [-0.4, -0.2) is 30.9 Å². The molecule has 19 heavy (non-hydrogen) atoms. The van der Waals surface area contributed by atoms with Crippen LogP contribution in [0.15, 0.2) is 36.9 Å². The average Bonchev–Trinajstić information content (AvgIpc) is 2.73. The Morgan fingerprint density at radius 3 is 2.68 bits per heavy atom. The molecule has 0 N–H and O–H groups in total. The van der Waals surface area contributed by atoms with Gasteiger partial charge in [-0.25, -0.2) is 0 Å². The van der Waals surface area contributed by atoms with Gasteiger partial charge in [-0.15, -0.1) is 6.58 Å². The van der Waals surface area contributed by atoms with E-state index in [1.165, 1.54) is 7.11 Å². The number of para-hydroxylation sites is 1. The van der Waals surface area contributed by atoms with Crippen LogP contribution in [0.5, 0.6) is 5.75 Å². The van der Waals surface area contributed by atoms with Crippen LogP contribution in [-0.2, 0) is 9.47 Å². The number of carbonyl (C=O) groups excluding carboxylic acids is 1. The molecule has 4 heteroatoms. The molecule has 0 amide bonds. The standard InChI is InChI=1S/C15H18O4/c1-5-11-14(19-15(2,3)18-11)13(16)10-8-6-7-9-12(10)17-4/h5-9,11,14H,1H2,2-4H3/t11-,14-/m1/s1. The van der Waals surface area contributed by atoms with E-state index in [0.29, 0.717) is 11.3 Å². The van der Waals surface area contributed by atoms with Crippen LogP contribution in [0.25, 0.3) is 0 Å². The Labute approximate surface area is 113 Å². The first-order valence-electron chi connectivity index (χ1n) is 6.14. The van der Waals surface area contributed by atoms with Crippen LogP contribution in [0.1, 0.15) is 24.2 Å². The summed E-state index contributed by atoms with van der Waals surface area (Å²) in [7, 11) is 1.53. The van der Waals surface area contributed by atoms with Gasteiger partial charge in [-0.05, 0) is 26.0 Å². The number of carbonyl (C=O) groups is 1. The molecule has 102 valence electrons. The Hall–Kier alpha value is -1.65. The number of ketones is 1. The number of rotatable bonds is 4. The fourth-order valence-electron chi connectivity index (χ4n) is 2.17. The van der Waals surface area contributed by atoms with Crippen molar-refractivity contribution >= 4 is 5.78 Å². The van der Waals surface area contributed by atoms with E-state index in [4.69, 9.17) is 14.2 Å². The third kappa shape index (κ3) is 2.69. The zero-order chi connectivity index (χ0) is 14.0. The highest BCUT2D eigenvalue weighted by Crippen LogP contribution is 2.32. The highest BCUT2D eigenvalue weighted by Gasteiger charge is 2.44. The summed E-state index contributed by atoms with van der Waals surface area (Å²) in [5, 5.41) is 0. The number of hydrogen-bond acceptors (Lipinski definition) is 4. The van der Waals surface area contributed by atoms with Crippen LogP contribution < -0.4 is 4.74 Å². The lowest BCUT2D eigenvalue weighted by Gasteiger charge is -2.16. The van der Waals surface area contributed by atoms with Gasteiger partial charge in [0.2, 0.25) is 0 Å². The van der Waals surface area contributed by atoms with Gasteiger partial charge < -0.3 is 14.2 Å². The third-order valence-corrected chi connectivity index (χ3v) is 2.99. The maximum atomic E-state index is 12.6. The maximum Gasteiger partial charge on any atom is 0.198 e. The lowest BCUT2D eigenvalue weighted by atomic mass is 10.0. The molecule has 1 heterocycles. The summed E-state index contributed by atoms with van der Waals surface area (Å²) in [5.41, 5.74) is 0.489. The number of hydrogen-bond donors (Lipinski definition) is 0. The molecule has 1 aliphatic rings. The van der Waals surface area contributed by atoms with Crippen LogP contribution >= 0.6 is 0 Å². The van der Waals surface area contributed by atoms with E-state index in [0.717, 1.165) is 0 Å². The van der Waals surface area contributed by atoms with Gasteiger partial charge in [0.15, 0.2) is 17.7 Å². The Morgan fingerprint density at radius 2 is 2.05 bits per heavy atom. The summed E-state index contributed by atoms with van der Waals surface area (Å²) in [6.07, 6.45) is 0.448. The number of ether oxygens (including phenoxy) is 3. The Bertz CT molecular complexity index is 493. The molecule has 0 unspecified atom stereocenters. The van der Waals surface area contributed by atoms with Crippen LogP contribution in [0, 0.1) is 0 Å². The summed E-state index contributed by atoms with van der Waals surface area (Å²) in [6.45, 7) is 7.24. The summed E-state index contributed by atoms with van der Waals surface area (Å²) >= 11 is 0. The maximum absolute atomic E-state index is 12.6. The largest absolute Gasteiger partial charge is 0.496 e. The number of methoxy groups -OCH3 is 1. The lowest BCUT2D eigenvalue weighted by Crippen LogP contribution is -2.30. The monoisotopic (exact) mass is 262 g/mol. The van der Waals surface area contributed by atoms with E-state index in [2.05, 4.69) is 6.58 Å². The van der Waals surface area contributed by atoms with Crippen molar-refractivity contribution in [2.45, 2.75) is 31.8 Å². The first-order valence-corrected chi connectivity index (χ1v) is 6.14. The van der Waals surface area contributed by atoms with Gasteiger partial charge in [-0.1, -0.05) is 18.2 Å². The minimum Gasteiger partial charge on any atom is -0.496 e. The van der Waals surface area contributed by atoms with Crippen molar-refractivity contribution in [3.63, 3.8) is 0 Å². The molecule has 1 fully saturated rings. The van der Waals surface area contributed by atoms with Gasteiger partial charge >= 0.3 is 0 Å². The van der Waals surface area contributed by atoms with Crippen LogP contribution in [0.4, 0.5) is 0 Å². The molecule has 4 nitrogen and oxygen atoms in total. The minimum absolute atomic E-state index is 0.159. The van der Waals surface area contributed by atoms with Crippen molar-refractivity contribution in [1.29, 1.82) is 0 Å². The van der Waals surface area contributed by atoms with Crippen molar-refractivity contribution in [3.8, 4) is 5.75 Å². The average molecular weight is 262 g/mol. The second kappa shape index (κ2) is 5.15. The zero-order valence-corrected chi connectivity index (χ0v) is 11.4. The topological polar surface area (TPSA) is 44.8 Å². The van der Waals surface area contributed by atoms with Gasteiger partial charge in [-0.2, -0.15) is 0 Å². The molecule has 1 aliphatic heterocycles. The summed E-state index contributed by atoms with van der Waals surface area (Å²) in [5.74, 6) is -0.419. The first kappa shape index (κ1) is 13.8. The second-order valence-electron chi connectivity index (χ2n) is 4.82. The Morgan fingerprint density at radius 1 is 1.37 bits per heavy atom. The van der Waals surface area contributed by atoms with E-state index >= 15 is 0 Å². The molecule has 0 bridgehead atoms. The Kier molecular flexibility index (Phi) is 3.73. The predicted octanol–water partition coefficient (Wildman–Crippen LogP) is 2.58. The third-order valence-electron chi connectivity index (χ3n) is 2.99. The normalized spacial score (nSPS) is 25.0. The highest BCUT2D eigenvalue weighted by atomic mass is 16.8. The summed E-state index contributed by atoms with van der Waals surface area (Å²) in [6, 6.07) is 7.07. The molecule has 0 radical (unpaired) electrons. The van der Waals surface area contributed by atoms with Crippen molar-refractivity contribution in [1.82, 2.24) is 0 Å². The van der Waals surface area contributed by atoms with E-state index in [-0.39, 0.29) is 5.78 Å². The van der Waals surface area contributed by atoms with Crippen molar-refractivity contribution in [2.24, 2.45) is 0 Å². The van der Waals surface area contributed by atoms with Crippen LogP contribution in [0.3, 0.4) is 0 Å². The van der Waals surface area contributed by atoms with E-state index in [9.17, 15) is 4.79 Å². The van der Waals surface area contributed by atoms with Crippen molar-refractivity contribution < 1.29 is 19.0 Å². The summed E-state index contributed by atoms with van der Waals surface area (Å²) in [4.78, 5) is 12.6. The van der Waals surface area contributed by atoms with Crippen molar-refractivity contribution in [2.75, 3.05) is 7.11 Å². The van der Waals surface area contributed by atoms with Crippen LogP contribution in [0.2, 0.25) is 0 Å². The molecular weight excluding hydrogens is 244 g/mol. The minimum atomic E-state index is -0.790. The molecule has 0 spiro atoms. The fraction of sp³-hybridized carbons (Fsp3) is 0.400. The van der Waals surface area contributed by atoms with Gasteiger partial charge in [0.25, 0.3) is 0 Å². The second-order valence-corrected chi connectivity index (χ2v) is 4.82. The lowest BCUT2D eigenvalue weighted by molar-refractivity contribution is -0.139. The molecule has 1 aromatic rings. The number of benzene rings is 1. The molecular formula is C15H18O4.